The van der Waals surface area contributed by atoms with Crippen LogP contribution in [-0.2, 0) is 12.6 Å². The highest BCUT2D eigenvalue weighted by atomic mass is 127. The maximum absolute atomic E-state index is 12.6. The second-order valence-electron chi connectivity index (χ2n) is 7.97. The third kappa shape index (κ3) is 10.1. The van der Waals surface area contributed by atoms with Crippen LogP contribution in [0.5, 0.6) is 0 Å². The Hall–Kier alpha value is -0.620. The third-order valence-electron chi connectivity index (χ3n) is 4.91. The number of aliphatic imine (C=N–C) groups is 1. The van der Waals surface area contributed by atoms with Gasteiger partial charge in [-0.15, -0.1) is 35.3 Å². The number of guanidine groups is 1. The van der Waals surface area contributed by atoms with Crippen molar-refractivity contribution < 1.29 is 13.2 Å². The lowest BCUT2D eigenvalue weighted by Gasteiger charge is -2.34. The summed E-state index contributed by atoms with van der Waals surface area (Å²) >= 11 is 1.04. The minimum atomic E-state index is -4.37. The molecule has 0 bridgehead atoms. The minimum absolute atomic E-state index is 0. The molecule has 2 N–H and O–H groups in total. The van der Waals surface area contributed by atoms with E-state index in [2.05, 4.69) is 39.4 Å². The van der Waals surface area contributed by atoms with Crippen molar-refractivity contribution in [3.8, 4) is 0 Å². The number of unbranched alkanes of at least 4 members (excludes halogenated alkanes) is 1. The van der Waals surface area contributed by atoms with Crippen molar-refractivity contribution in [1.82, 2.24) is 20.5 Å². The number of rotatable bonds is 9. The zero-order chi connectivity index (χ0) is 21.3. The Morgan fingerprint density at radius 1 is 1.23 bits per heavy atom. The molecule has 1 saturated heterocycles. The molecule has 174 valence electrons. The number of halogens is 4. The van der Waals surface area contributed by atoms with Crippen LogP contribution < -0.4 is 10.6 Å². The third-order valence-corrected chi connectivity index (χ3v) is 5.82. The fourth-order valence-electron chi connectivity index (χ4n) is 3.80. The van der Waals surface area contributed by atoms with Gasteiger partial charge in [-0.3, -0.25) is 4.99 Å². The first-order valence-electron chi connectivity index (χ1n) is 10.5. The van der Waals surface area contributed by atoms with Crippen LogP contribution in [0.4, 0.5) is 13.2 Å². The van der Waals surface area contributed by atoms with Crippen molar-refractivity contribution in [2.75, 3.05) is 39.3 Å². The fourth-order valence-corrected chi connectivity index (χ4v) is 4.60. The molecule has 2 rings (SSSR count). The number of thiazole rings is 1. The van der Waals surface area contributed by atoms with Crippen LogP contribution in [-0.4, -0.2) is 55.1 Å². The van der Waals surface area contributed by atoms with E-state index in [-0.39, 0.29) is 24.0 Å². The molecule has 2 heterocycles. The molecule has 0 radical (unpaired) electrons. The van der Waals surface area contributed by atoms with Crippen LogP contribution in [0.3, 0.4) is 0 Å². The molecule has 0 saturated carbocycles. The average Bonchev–Trinajstić information content (AvgIpc) is 3.10. The Bertz CT molecular complexity index is 628. The summed E-state index contributed by atoms with van der Waals surface area (Å²) in [5, 5.41) is 7.91. The summed E-state index contributed by atoms with van der Waals surface area (Å²) in [5.41, 5.74) is -0.810. The number of nitrogens with one attached hydrogen (secondary N) is 2. The van der Waals surface area contributed by atoms with Gasteiger partial charge in [0.2, 0.25) is 0 Å². The molecule has 10 heteroatoms. The first-order valence-corrected chi connectivity index (χ1v) is 11.4. The lowest BCUT2D eigenvalue weighted by Crippen LogP contribution is -2.39. The van der Waals surface area contributed by atoms with Crippen molar-refractivity contribution in [1.29, 1.82) is 0 Å². The highest BCUT2D eigenvalue weighted by molar-refractivity contribution is 14.0. The molecule has 1 aliphatic heterocycles. The molecule has 0 aromatic carbocycles. The highest BCUT2D eigenvalue weighted by Crippen LogP contribution is 2.30. The Labute approximate surface area is 199 Å². The highest BCUT2D eigenvalue weighted by Gasteiger charge is 2.33. The van der Waals surface area contributed by atoms with Crippen LogP contribution in [0.15, 0.2) is 10.4 Å². The minimum Gasteiger partial charge on any atom is -0.357 e. The summed E-state index contributed by atoms with van der Waals surface area (Å²) in [4.78, 5) is 10.8. The smallest absolute Gasteiger partial charge is 0.357 e. The molecular formula is C20H35F3IN5S. The van der Waals surface area contributed by atoms with Crippen molar-refractivity contribution in [3.63, 3.8) is 0 Å². The largest absolute Gasteiger partial charge is 0.434 e. The number of hydrogen-bond donors (Lipinski definition) is 2. The maximum Gasteiger partial charge on any atom is 0.434 e. The summed E-state index contributed by atoms with van der Waals surface area (Å²) in [5.74, 6) is 2.28. The first-order chi connectivity index (χ1) is 13.8. The van der Waals surface area contributed by atoms with Crippen molar-refractivity contribution in [2.45, 2.75) is 52.6 Å². The van der Waals surface area contributed by atoms with Gasteiger partial charge in [0.1, 0.15) is 0 Å². The zero-order valence-electron chi connectivity index (χ0n) is 18.1. The lowest BCUT2D eigenvalue weighted by molar-refractivity contribution is -0.140. The number of nitrogens with zero attached hydrogens (tertiary/aromatic N) is 3. The van der Waals surface area contributed by atoms with Crippen LogP contribution in [0.25, 0.3) is 0 Å². The van der Waals surface area contributed by atoms with E-state index in [9.17, 15) is 13.2 Å². The lowest BCUT2D eigenvalue weighted by atomic mass is 9.92. The number of piperidine rings is 1. The SMILES string of the molecule is CCNC(=NCCCCN1CC(C)CC(C)C1)NCCc1nc(C(F)(F)F)cs1.I. The Balaban J connectivity index is 0.00000450. The van der Waals surface area contributed by atoms with E-state index in [1.54, 1.807) is 0 Å². The van der Waals surface area contributed by atoms with Gasteiger partial charge in [0.15, 0.2) is 11.7 Å². The van der Waals surface area contributed by atoms with Gasteiger partial charge >= 0.3 is 6.18 Å². The summed E-state index contributed by atoms with van der Waals surface area (Å²) < 4.78 is 37.8. The predicted molar refractivity (Wildman–Crippen MR) is 129 cm³/mol. The number of aromatic nitrogens is 1. The Kier molecular flexibility index (Phi) is 12.5. The summed E-state index contributed by atoms with van der Waals surface area (Å²) in [6.45, 7) is 12.2. The van der Waals surface area contributed by atoms with Crippen LogP contribution in [0.2, 0.25) is 0 Å². The van der Waals surface area contributed by atoms with E-state index in [4.69, 9.17) is 0 Å². The van der Waals surface area contributed by atoms with Crippen molar-refractivity contribution in [3.05, 3.63) is 16.1 Å². The quantitative estimate of drug-likeness (QED) is 0.200. The molecule has 0 aliphatic carbocycles. The topological polar surface area (TPSA) is 52.6 Å². The van der Waals surface area contributed by atoms with Gasteiger partial charge in [-0.05, 0) is 44.6 Å². The van der Waals surface area contributed by atoms with E-state index in [0.29, 0.717) is 23.9 Å². The van der Waals surface area contributed by atoms with E-state index in [1.165, 1.54) is 19.5 Å². The normalized spacial score (nSPS) is 20.7. The van der Waals surface area contributed by atoms with Crippen LogP contribution >= 0.6 is 35.3 Å². The first kappa shape index (κ1) is 27.4. The Morgan fingerprint density at radius 3 is 2.53 bits per heavy atom. The van der Waals surface area contributed by atoms with Crippen molar-refractivity contribution in [2.24, 2.45) is 16.8 Å². The Morgan fingerprint density at radius 2 is 1.93 bits per heavy atom. The second-order valence-corrected chi connectivity index (χ2v) is 8.92. The van der Waals surface area contributed by atoms with Gasteiger partial charge in [0.25, 0.3) is 0 Å². The molecule has 1 aromatic heterocycles. The maximum atomic E-state index is 12.6. The number of hydrogen-bond acceptors (Lipinski definition) is 4. The molecule has 2 unspecified atom stereocenters. The molecule has 1 aromatic rings. The van der Waals surface area contributed by atoms with E-state index < -0.39 is 11.9 Å². The predicted octanol–water partition coefficient (Wildman–Crippen LogP) is 4.64. The van der Waals surface area contributed by atoms with Gasteiger partial charge in [-0.25, -0.2) is 4.98 Å². The fraction of sp³-hybridized carbons (Fsp3) is 0.800. The van der Waals surface area contributed by atoms with E-state index >= 15 is 0 Å². The van der Waals surface area contributed by atoms with Gasteiger partial charge in [-0.1, -0.05) is 13.8 Å². The molecule has 30 heavy (non-hydrogen) atoms. The zero-order valence-corrected chi connectivity index (χ0v) is 21.2. The molecule has 0 amide bonds. The number of alkyl halides is 3. The average molecular weight is 562 g/mol. The monoisotopic (exact) mass is 561 g/mol. The van der Waals surface area contributed by atoms with Crippen LogP contribution in [0, 0.1) is 11.8 Å². The summed E-state index contributed by atoms with van der Waals surface area (Å²) in [7, 11) is 0. The van der Waals surface area contributed by atoms with E-state index in [0.717, 1.165) is 61.0 Å². The van der Waals surface area contributed by atoms with Gasteiger partial charge in [0, 0.05) is 44.5 Å². The summed E-state index contributed by atoms with van der Waals surface area (Å²) in [6.07, 6.45) is -0.449. The summed E-state index contributed by atoms with van der Waals surface area (Å²) in [6, 6.07) is 0. The second kappa shape index (κ2) is 13.7. The van der Waals surface area contributed by atoms with Crippen molar-refractivity contribution >= 4 is 41.3 Å². The van der Waals surface area contributed by atoms with Gasteiger partial charge < -0.3 is 15.5 Å². The molecule has 0 spiro atoms. The molecule has 2 atom stereocenters. The van der Waals surface area contributed by atoms with E-state index in [1.807, 2.05) is 6.92 Å². The molecule has 1 fully saturated rings. The molecule has 1 aliphatic rings. The van der Waals surface area contributed by atoms with Gasteiger partial charge in [0.05, 0.1) is 5.01 Å². The molecular weight excluding hydrogens is 526 g/mol. The van der Waals surface area contributed by atoms with Gasteiger partial charge in [-0.2, -0.15) is 13.2 Å². The standard InChI is InChI=1S/C20H34F3N5S.HI/c1-4-24-19(26-9-7-18-27-17(14-29-18)20(21,22)23)25-8-5-6-10-28-12-15(2)11-16(3)13-28;/h14-16H,4-13H2,1-3H3,(H2,24,25,26);1H. The van der Waals surface area contributed by atoms with Crippen LogP contribution in [0.1, 0.15) is 50.7 Å². The number of likely N-dealkylation sites (tertiary alicyclic amines) is 1. The molecule has 5 nitrogen and oxygen atoms in total.